The number of aryl methyl sites for hydroxylation is 2. The molecule has 140 valence electrons. The van der Waals surface area contributed by atoms with Crippen LogP contribution in [0.1, 0.15) is 41.5 Å². The smallest absolute Gasteiger partial charge is 0.243 e. The van der Waals surface area contributed by atoms with Gasteiger partial charge in [-0.1, -0.05) is 6.07 Å². The number of sulfonamides is 1. The van der Waals surface area contributed by atoms with Crippen molar-refractivity contribution in [1.29, 1.82) is 0 Å². The maximum Gasteiger partial charge on any atom is 0.243 e. The molecule has 0 unspecified atom stereocenters. The SMILES string of the molecule is Cc1ccc(S(=O)(=O)N2CCC(c3nnc4n3CCNC4)CC2)cc1C. The van der Waals surface area contributed by atoms with Crippen molar-refractivity contribution < 1.29 is 8.42 Å². The summed E-state index contributed by atoms with van der Waals surface area (Å²) in [6.07, 6.45) is 1.57. The van der Waals surface area contributed by atoms with Crippen molar-refractivity contribution in [3.8, 4) is 0 Å². The molecule has 1 saturated heterocycles. The summed E-state index contributed by atoms with van der Waals surface area (Å²) in [5, 5.41) is 12.0. The zero-order valence-corrected chi connectivity index (χ0v) is 16.1. The molecule has 0 aliphatic carbocycles. The molecule has 26 heavy (non-hydrogen) atoms. The van der Waals surface area contributed by atoms with Gasteiger partial charge < -0.3 is 9.88 Å². The molecule has 0 saturated carbocycles. The Hall–Kier alpha value is -1.77. The first-order valence-corrected chi connectivity index (χ1v) is 10.6. The predicted octanol–water partition coefficient (Wildman–Crippen LogP) is 1.57. The summed E-state index contributed by atoms with van der Waals surface area (Å²) in [4.78, 5) is 0.394. The highest BCUT2D eigenvalue weighted by atomic mass is 32.2. The fraction of sp³-hybridized carbons (Fsp3) is 0.556. The highest BCUT2D eigenvalue weighted by molar-refractivity contribution is 7.89. The van der Waals surface area contributed by atoms with E-state index in [0.717, 1.165) is 55.3 Å². The molecule has 2 aromatic rings. The lowest BCUT2D eigenvalue weighted by atomic mass is 9.97. The summed E-state index contributed by atoms with van der Waals surface area (Å²) in [6, 6.07) is 5.37. The minimum Gasteiger partial charge on any atom is -0.312 e. The lowest BCUT2D eigenvalue weighted by molar-refractivity contribution is 0.307. The summed E-state index contributed by atoms with van der Waals surface area (Å²) < 4.78 is 29.7. The normalized spacial score (nSPS) is 19.5. The van der Waals surface area contributed by atoms with Gasteiger partial charge in [-0.2, -0.15) is 4.31 Å². The predicted molar refractivity (Wildman–Crippen MR) is 98.4 cm³/mol. The first-order chi connectivity index (χ1) is 12.5. The Balaban J connectivity index is 1.49. The molecular weight excluding hydrogens is 350 g/mol. The van der Waals surface area contributed by atoms with Crippen LogP contribution < -0.4 is 5.32 Å². The van der Waals surface area contributed by atoms with Gasteiger partial charge >= 0.3 is 0 Å². The number of aromatic nitrogens is 3. The lowest BCUT2D eigenvalue weighted by Crippen LogP contribution is -2.38. The van der Waals surface area contributed by atoms with Crippen molar-refractivity contribution in [2.75, 3.05) is 19.6 Å². The fourth-order valence-electron chi connectivity index (χ4n) is 3.79. The third-order valence-electron chi connectivity index (χ3n) is 5.59. The largest absolute Gasteiger partial charge is 0.312 e. The van der Waals surface area contributed by atoms with Gasteiger partial charge in [0.2, 0.25) is 10.0 Å². The van der Waals surface area contributed by atoms with Gasteiger partial charge in [-0.25, -0.2) is 8.42 Å². The number of piperidine rings is 1. The molecule has 0 spiro atoms. The molecule has 1 fully saturated rings. The van der Waals surface area contributed by atoms with Crippen molar-refractivity contribution in [1.82, 2.24) is 24.4 Å². The topological polar surface area (TPSA) is 80.1 Å². The van der Waals surface area contributed by atoms with Crippen LogP contribution >= 0.6 is 0 Å². The second-order valence-corrected chi connectivity index (χ2v) is 9.17. The number of nitrogens with one attached hydrogen (secondary N) is 1. The minimum atomic E-state index is -3.43. The minimum absolute atomic E-state index is 0.278. The number of benzene rings is 1. The van der Waals surface area contributed by atoms with Crippen LogP contribution in [0.3, 0.4) is 0 Å². The van der Waals surface area contributed by atoms with E-state index in [9.17, 15) is 8.42 Å². The molecule has 7 nitrogen and oxygen atoms in total. The molecule has 0 radical (unpaired) electrons. The molecule has 0 bridgehead atoms. The van der Waals surface area contributed by atoms with Crippen molar-refractivity contribution >= 4 is 10.0 Å². The van der Waals surface area contributed by atoms with E-state index in [0.29, 0.717) is 18.0 Å². The fourth-order valence-corrected chi connectivity index (χ4v) is 5.35. The van der Waals surface area contributed by atoms with Crippen LogP contribution in [0, 0.1) is 13.8 Å². The molecule has 1 aromatic carbocycles. The monoisotopic (exact) mass is 375 g/mol. The summed E-state index contributed by atoms with van der Waals surface area (Å²) >= 11 is 0. The number of nitrogens with zero attached hydrogens (tertiary/aromatic N) is 4. The Morgan fingerprint density at radius 2 is 1.85 bits per heavy atom. The van der Waals surface area contributed by atoms with Crippen molar-refractivity contribution in [3.63, 3.8) is 0 Å². The lowest BCUT2D eigenvalue weighted by Gasteiger charge is -2.31. The quantitative estimate of drug-likeness (QED) is 0.881. The standard InChI is InChI=1S/C18H25N5O2S/c1-13-3-4-16(11-14(13)2)26(24,25)22-8-5-15(6-9-22)18-21-20-17-12-19-7-10-23(17)18/h3-4,11,15,19H,5-10,12H2,1-2H3. The van der Waals surface area contributed by atoms with E-state index in [1.807, 2.05) is 19.9 Å². The Morgan fingerprint density at radius 3 is 2.58 bits per heavy atom. The average Bonchev–Trinajstić information content (AvgIpc) is 3.08. The summed E-state index contributed by atoms with van der Waals surface area (Å²) in [5.74, 6) is 2.28. The first kappa shape index (κ1) is 17.6. The molecule has 1 aromatic heterocycles. The van der Waals surface area contributed by atoms with E-state index in [1.165, 1.54) is 0 Å². The number of hydrogen-bond acceptors (Lipinski definition) is 5. The van der Waals surface area contributed by atoms with Crippen LogP contribution in [-0.4, -0.2) is 47.1 Å². The van der Waals surface area contributed by atoms with Gasteiger partial charge in [0.05, 0.1) is 11.4 Å². The van der Waals surface area contributed by atoms with E-state index in [-0.39, 0.29) is 5.92 Å². The molecule has 0 amide bonds. The van der Waals surface area contributed by atoms with Crippen molar-refractivity contribution in [3.05, 3.63) is 41.0 Å². The van der Waals surface area contributed by atoms with Crippen LogP contribution in [0.2, 0.25) is 0 Å². The van der Waals surface area contributed by atoms with Gasteiger partial charge in [-0.05, 0) is 49.9 Å². The summed E-state index contributed by atoms with van der Waals surface area (Å²) in [6.45, 7) is 7.57. The van der Waals surface area contributed by atoms with Gasteiger partial charge in [0.25, 0.3) is 0 Å². The maximum atomic E-state index is 13.0. The average molecular weight is 375 g/mol. The number of rotatable bonds is 3. The van der Waals surface area contributed by atoms with Gasteiger partial charge in [0, 0.05) is 32.1 Å². The molecular formula is C18H25N5O2S. The van der Waals surface area contributed by atoms with E-state index in [2.05, 4.69) is 20.1 Å². The second kappa shape index (κ2) is 6.75. The van der Waals surface area contributed by atoms with Crippen LogP contribution in [0.5, 0.6) is 0 Å². The van der Waals surface area contributed by atoms with Crippen LogP contribution in [-0.2, 0) is 23.1 Å². The molecule has 4 rings (SSSR count). The van der Waals surface area contributed by atoms with Crippen LogP contribution in [0.25, 0.3) is 0 Å². The van der Waals surface area contributed by atoms with Crippen LogP contribution in [0.15, 0.2) is 23.1 Å². The van der Waals surface area contributed by atoms with E-state index >= 15 is 0 Å². The van der Waals surface area contributed by atoms with E-state index in [1.54, 1.807) is 16.4 Å². The highest BCUT2D eigenvalue weighted by Gasteiger charge is 2.32. The van der Waals surface area contributed by atoms with E-state index in [4.69, 9.17) is 0 Å². The number of fused-ring (bicyclic) bond motifs is 1. The Kier molecular flexibility index (Phi) is 4.58. The molecule has 3 heterocycles. The molecule has 1 N–H and O–H groups in total. The zero-order chi connectivity index (χ0) is 18.3. The van der Waals surface area contributed by atoms with Crippen molar-refractivity contribution in [2.45, 2.75) is 50.6 Å². The molecule has 0 atom stereocenters. The third-order valence-corrected chi connectivity index (χ3v) is 7.48. The second-order valence-electron chi connectivity index (χ2n) is 7.23. The highest BCUT2D eigenvalue weighted by Crippen LogP contribution is 2.31. The molecule has 2 aliphatic heterocycles. The molecule has 2 aliphatic rings. The Labute approximate surface area is 154 Å². The Bertz CT molecular complexity index is 914. The number of hydrogen-bond donors (Lipinski definition) is 1. The zero-order valence-electron chi connectivity index (χ0n) is 15.3. The molecule has 8 heteroatoms. The van der Waals surface area contributed by atoms with E-state index < -0.39 is 10.0 Å². The maximum absolute atomic E-state index is 13.0. The first-order valence-electron chi connectivity index (χ1n) is 9.17. The Morgan fingerprint density at radius 1 is 1.08 bits per heavy atom. The third kappa shape index (κ3) is 3.06. The van der Waals surface area contributed by atoms with Gasteiger partial charge in [0.1, 0.15) is 11.6 Å². The van der Waals surface area contributed by atoms with Crippen molar-refractivity contribution in [2.24, 2.45) is 0 Å². The summed E-state index contributed by atoms with van der Waals surface area (Å²) in [5.41, 5.74) is 2.11. The van der Waals surface area contributed by atoms with Gasteiger partial charge in [0.15, 0.2) is 0 Å². The van der Waals surface area contributed by atoms with Gasteiger partial charge in [-0.15, -0.1) is 10.2 Å². The van der Waals surface area contributed by atoms with Gasteiger partial charge in [-0.3, -0.25) is 0 Å². The van der Waals surface area contributed by atoms with Crippen LogP contribution in [0.4, 0.5) is 0 Å². The summed E-state index contributed by atoms with van der Waals surface area (Å²) in [7, 11) is -3.43.